The second-order valence-electron chi connectivity index (χ2n) is 6.31. The van der Waals surface area contributed by atoms with Crippen molar-refractivity contribution in [1.82, 2.24) is 14.9 Å². The molecule has 4 heteroatoms. The molecule has 2 saturated heterocycles. The van der Waals surface area contributed by atoms with Crippen molar-refractivity contribution in [3.63, 3.8) is 0 Å². The van der Waals surface area contributed by atoms with Gasteiger partial charge in [0.15, 0.2) is 0 Å². The van der Waals surface area contributed by atoms with Crippen LogP contribution in [0.4, 0.5) is 5.95 Å². The quantitative estimate of drug-likeness (QED) is 0.880. The lowest BCUT2D eigenvalue weighted by Gasteiger charge is -2.20. The Labute approximate surface area is 109 Å². The first-order valence-electron chi connectivity index (χ1n) is 7.13. The predicted molar refractivity (Wildman–Crippen MR) is 73.9 cm³/mol. The Hall–Kier alpha value is -1.03. The molecule has 1 aromatic rings. The van der Waals surface area contributed by atoms with Gasteiger partial charge >= 0.3 is 0 Å². The summed E-state index contributed by atoms with van der Waals surface area (Å²) in [5.41, 5.74) is 1.14. The summed E-state index contributed by atoms with van der Waals surface area (Å²) in [5, 5.41) is 3.49. The average Bonchev–Trinajstić information content (AvgIpc) is 2.89. The van der Waals surface area contributed by atoms with E-state index < -0.39 is 0 Å². The van der Waals surface area contributed by atoms with E-state index in [4.69, 9.17) is 4.98 Å². The van der Waals surface area contributed by atoms with Crippen molar-refractivity contribution in [2.45, 2.75) is 27.3 Å². The molecule has 0 saturated carbocycles. The van der Waals surface area contributed by atoms with Crippen LogP contribution in [0.25, 0.3) is 0 Å². The van der Waals surface area contributed by atoms with Crippen LogP contribution in [0.2, 0.25) is 0 Å². The van der Waals surface area contributed by atoms with Gasteiger partial charge in [0, 0.05) is 38.9 Å². The molecule has 2 unspecified atom stereocenters. The zero-order valence-corrected chi connectivity index (χ0v) is 11.7. The lowest BCUT2D eigenvalue weighted by atomic mass is 10.0. The molecule has 18 heavy (non-hydrogen) atoms. The Kier molecular flexibility index (Phi) is 3.06. The maximum absolute atomic E-state index is 4.74. The number of rotatable bonds is 3. The Morgan fingerprint density at radius 2 is 2.00 bits per heavy atom. The first kappa shape index (κ1) is 12.0. The topological polar surface area (TPSA) is 33.1 Å². The SMILES string of the molecule is Cc1cn(CC(C)C)c(N2CC3CNCC3C2)n1. The lowest BCUT2D eigenvalue weighted by molar-refractivity contribution is 0.519. The second kappa shape index (κ2) is 4.57. The van der Waals surface area contributed by atoms with E-state index in [9.17, 15) is 0 Å². The van der Waals surface area contributed by atoms with Gasteiger partial charge in [0.1, 0.15) is 0 Å². The summed E-state index contributed by atoms with van der Waals surface area (Å²) in [6.07, 6.45) is 2.20. The lowest BCUT2D eigenvalue weighted by Crippen LogP contribution is -2.28. The highest BCUT2D eigenvalue weighted by molar-refractivity contribution is 5.36. The number of anilines is 1. The third-order valence-electron chi connectivity index (χ3n) is 4.11. The van der Waals surface area contributed by atoms with Crippen molar-refractivity contribution in [2.24, 2.45) is 17.8 Å². The van der Waals surface area contributed by atoms with Gasteiger partial charge in [-0.1, -0.05) is 13.8 Å². The van der Waals surface area contributed by atoms with Crippen LogP contribution in [0.15, 0.2) is 6.20 Å². The summed E-state index contributed by atoms with van der Waals surface area (Å²) in [6.45, 7) is 12.4. The van der Waals surface area contributed by atoms with Gasteiger partial charge in [-0.3, -0.25) is 0 Å². The molecule has 0 bridgehead atoms. The fraction of sp³-hybridized carbons (Fsp3) is 0.786. The van der Waals surface area contributed by atoms with Gasteiger partial charge in [0.05, 0.1) is 5.69 Å². The zero-order valence-electron chi connectivity index (χ0n) is 11.7. The third-order valence-corrected chi connectivity index (χ3v) is 4.11. The van der Waals surface area contributed by atoms with E-state index in [-0.39, 0.29) is 0 Å². The summed E-state index contributed by atoms with van der Waals surface area (Å²) in [6, 6.07) is 0. The maximum Gasteiger partial charge on any atom is 0.205 e. The summed E-state index contributed by atoms with van der Waals surface area (Å²) in [7, 11) is 0. The normalized spacial score (nSPS) is 27.2. The fourth-order valence-electron chi connectivity index (χ4n) is 3.33. The van der Waals surface area contributed by atoms with Gasteiger partial charge in [0.25, 0.3) is 0 Å². The van der Waals surface area contributed by atoms with Crippen molar-refractivity contribution in [1.29, 1.82) is 0 Å². The van der Waals surface area contributed by atoms with Gasteiger partial charge in [-0.25, -0.2) is 4.98 Å². The number of hydrogen-bond donors (Lipinski definition) is 1. The summed E-state index contributed by atoms with van der Waals surface area (Å²) >= 11 is 0. The predicted octanol–water partition coefficient (Wildman–Crippen LogP) is 1.50. The number of imidazole rings is 1. The van der Waals surface area contributed by atoms with E-state index in [1.165, 1.54) is 32.1 Å². The molecule has 0 amide bonds. The van der Waals surface area contributed by atoms with Crippen LogP contribution in [0, 0.1) is 24.7 Å². The number of hydrogen-bond acceptors (Lipinski definition) is 3. The molecule has 0 aromatic carbocycles. The molecular formula is C14H24N4. The van der Waals surface area contributed by atoms with Crippen LogP contribution < -0.4 is 10.2 Å². The summed E-state index contributed by atoms with van der Waals surface area (Å²) in [4.78, 5) is 7.23. The number of fused-ring (bicyclic) bond motifs is 1. The highest BCUT2D eigenvalue weighted by atomic mass is 15.3. The Morgan fingerprint density at radius 1 is 1.33 bits per heavy atom. The fourth-order valence-corrected chi connectivity index (χ4v) is 3.33. The molecule has 1 aromatic heterocycles. The average molecular weight is 248 g/mol. The van der Waals surface area contributed by atoms with Gasteiger partial charge < -0.3 is 14.8 Å². The molecular weight excluding hydrogens is 224 g/mol. The molecule has 0 aliphatic carbocycles. The van der Waals surface area contributed by atoms with E-state index in [0.717, 1.165) is 24.1 Å². The van der Waals surface area contributed by atoms with Crippen LogP contribution in [0.1, 0.15) is 19.5 Å². The molecule has 2 fully saturated rings. The number of nitrogens with zero attached hydrogens (tertiary/aromatic N) is 3. The van der Waals surface area contributed by atoms with Crippen LogP contribution >= 0.6 is 0 Å². The molecule has 4 nitrogen and oxygen atoms in total. The van der Waals surface area contributed by atoms with Crippen molar-refractivity contribution in [3.05, 3.63) is 11.9 Å². The molecule has 2 aliphatic rings. The van der Waals surface area contributed by atoms with Crippen molar-refractivity contribution < 1.29 is 0 Å². The van der Waals surface area contributed by atoms with Gasteiger partial charge in [-0.15, -0.1) is 0 Å². The number of nitrogens with one attached hydrogen (secondary N) is 1. The van der Waals surface area contributed by atoms with Crippen molar-refractivity contribution >= 4 is 5.95 Å². The van der Waals surface area contributed by atoms with Crippen LogP contribution in [0.5, 0.6) is 0 Å². The second-order valence-corrected chi connectivity index (χ2v) is 6.31. The smallest absolute Gasteiger partial charge is 0.205 e. The Morgan fingerprint density at radius 3 is 2.61 bits per heavy atom. The third kappa shape index (κ3) is 2.14. The molecule has 2 atom stereocenters. The highest BCUT2D eigenvalue weighted by Gasteiger charge is 2.37. The molecule has 3 heterocycles. The Balaban J connectivity index is 1.79. The maximum atomic E-state index is 4.74. The van der Waals surface area contributed by atoms with E-state index in [2.05, 4.69) is 41.8 Å². The van der Waals surface area contributed by atoms with Gasteiger partial charge in [0.2, 0.25) is 5.95 Å². The molecule has 0 radical (unpaired) electrons. The summed E-state index contributed by atoms with van der Waals surface area (Å²) in [5.74, 6) is 3.51. The zero-order chi connectivity index (χ0) is 12.7. The van der Waals surface area contributed by atoms with E-state index in [1.807, 2.05) is 0 Å². The molecule has 1 N–H and O–H groups in total. The first-order valence-corrected chi connectivity index (χ1v) is 7.13. The monoisotopic (exact) mass is 248 g/mol. The molecule has 3 rings (SSSR count). The largest absolute Gasteiger partial charge is 0.342 e. The molecule has 0 spiro atoms. The Bertz CT molecular complexity index is 411. The number of aryl methyl sites for hydroxylation is 1. The minimum absolute atomic E-state index is 0.668. The highest BCUT2D eigenvalue weighted by Crippen LogP contribution is 2.30. The minimum Gasteiger partial charge on any atom is -0.342 e. The van der Waals surface area contributed by atoms with E-state index in [1.54, 1.807) is 0 Å². The van der Waals surface area contributed by atoms with Crippen LogP contribution in [-0.2, 0) is 6.54 Å². The standard InChI is InChI=1S/C14H24N4/c1-10(2)6-17-7-11(3)16-14(17)18-8-12-4-15-5-13(12)9-18/h7,10,12-13,15H,4-6,8-9H2,1-3H3. The van der Waals surface area contributed by atoms with E-state index >= 15 is 0 Å². The molecule has 2 aliphatic heterocycles. The van der Waals surface area contributed by atoms with Crippen molar-refractivity contribution in [3.8, 4) is 0 Å². The van der Waals surface area contributed by atoms with Crippen LogP contribution in [-0.4, -0.2) is 35.7 Å². The minimum atomic E-state index is 0.668. The van der Waals surface area contributed by atoms with Gasteiger partial charge in [-0.05, 0) is 24.7 Å². The molecule has 100 valence electrons. The number of aromatic nitrogens is 2. The van der Waals surface area contributed by atoms with Crippen LogP contribution in [0.3, 0.4) is 0 Å². The van der Waals surface area contributed by atoms with E-state index in [0.29, 0.717) is 5.92 Å². The first-order chi connectivity index (χ1) is 8.63. The van der Waals surface area contributed by atoms with Gasteiger partial charge in [-0.2, -0.15) is 0 Å². The van der Waals surface area contributed by atoms with Crippen molar-refractivity contribution in [2.75, 3.05) is 31.1 Å². The summed E-state index contributed by atoms with van der Waals surface area (Å²) < 4.78 is 2.34.